The summed E-state index contributed by atoms with van der Waals surface area (Å²) in [4.78, 5) is 22.8. The summed E-state index contributed by atoms with van der Waals surface area (Å²) >= 11 is 0. The fourth-order valence-electron chi connectivity index (χ4n) is 2.59. The van der Waals surface area contributed by atoms with Crippen LogP contribution in [0, 0.1) is 5.92 Å². The van der Waals surface area contributed by atoms with Gasteiger partial charge in [0.05, 0.1) is 18.4 Å². The standard InChI is InChI=1S/C12H21NO5S/c1-8(14)11(13-12(15)18-2)9-4-6-10(7-5-9)19(3,16)17/h9-11H,4-7H2,1-3H3,(H,13,15)/t9?,10?,11-/m1/s1. The molecule has 0 aromatic heterocycles. The summed E-state index contributed by atoms with van der Waals surface area (Å²) in [6.07, 6.45) is 2.92. The first-order valence-corrected chi connectivity index (χ1v) is 8.25. The second-order valence-electron chi connectivity index (χ2n) is 5.09. The van der Waals surface area contributed by atoms with Gasteiger partial charge in [-0.2, -0.15) is 0 Å². The van der Waals surface area contributed by atoms with E-state index in [0.29, 0.717) is 25.7 Å². The lowest BCUT2D eigenvalue weighted by Crippen LogP contribution is -2.46. The molecule has 0 unspecified atom stereocenters. The third kappa shape index (κ3) is 4.49. The van der Waals surface area contributed by atoms with Crippen molar-refractivity contribution in [2.75, 3.05) is 13.4 Å². The average Bonchev–Trinajstić information content (AvgIpc) is 2.34. The van der Waals surface area contributed by atoms with Gasteiger partial charge in [0.1, 0.15) is 9.84 Å². The van der Waals surface area contributed by atoms with Crippen LogP contribution in [-0.4, -0.2) is 45.0 Å². The van der Waals surface area contributed by atoms with E-state index < -0.39 is 22.0 Å². The number of hydrogen-bond donors (Lipinski definition) is 1. The fraction of sp³-hybridized carbons (Fsp3) is 0.833. The molecule has 1 fully saturated rings. The molecule has 6 nitrogen and oxygen atoms in total. The summed E-state index contributed by atoms with van der Waals surface area (Å²) in [6.45, 7) is 1.42. The minimum atomic E-state index is -3.02. The third-order valence-corrected chi connectivity index (χ3v) is 5.37. The molecule has 1 N–H and O–H groups in total. The number of Topliss-reactive ketones (excluding diaryl/α,β-unsaturated/α-hetero) is 1. The van der Waals surface area contributed by atoms with Gasteiger partial charge in [-0.1, -0.05) is 0 Å². The monoisotopic (exact) mass is 291 g/mol. The van der Waals surface area contributed by atoms with Crippen LogP contribution in [0.2, 0.25) is 0 Å². The van der Waals surface area contributed by atoms with Crippen LogP contribution in [0.3, 0.4) is 0 Å². The number of alkyl carbamates (subject to hydrolysis) is 1. The van der Waals surface area contributed by atoms with Gasteiger partial charge in [-0.05, 0) is 38.5 Å². The van der Waals surface area contributed by atoms with Crippen molar-refractivity contribution >= 4 is 21.7 Å². The molecule has 1 rings (SSSR count). The second kappa shape index (κ2) is 6.36. The van der Waals surface area contributed by atoms with Crippen LogP contribution in [0.5, 0.6) is 0 Å². The topological polar surface area (TPSA) is 89.5 Å². The highest BCUT2D eigenvalue weighted by atomic mass is 32.2. The number of methoxy groups -OCH3 is 1. The van der Waals surface area contributed by atoms with E-state index in [0.717, 1.165) is 0 Å². The first-order chi connectivity index (χ1) is 8.75. The van der Waals surface area contributed by atoms with Crippen LogP contribution in [-0.2, 0) is 19.4 Å². The summed E-state index contributed by atoms with van der Waals surface area (Å²) in [5.74, 6) is -0.150. The lowest BCUT2D eigenvalue weighted by Gasteiger charge is -2.32. The Morgan fingerprint density at radius 1 is 1.21 bits per heavy atom. The number of carbonyl (C=O) groups excluding carboxylic acids is 2. The van der Waals surface area contributed by atoms with Gasteiger partial charge in [0.2, 0.25) is 0 Å². The number of carbonyl (C=O) groups is 2. The minimum Gasteiger partial charge on any atom is -0.453 e. The normalized spacial score (nSPS) is 25.4. The SMILES string of the molecule is COC(=O)N[C@H](C(C)=O)C1CCC(S(C)(=O)=O)CC1. The van der Waals surface area contributed by atoms with Crippen LogP contribution in [0.1, 0.15) is 32.6 Å². The van der Waals surface area contributed by atoms with Crippen LogP contribution in [0.25, 0.3) is 0 Å². The van der Waals surface area contributed by atoms with Crippen LogP contribution < -0.4 is 5.32 Å². The summed E-state index contributed by atoms with van der Waals surface area (Å²) in [6, 6.07) is -0.590. The van der Waals surface area contributed by atoms with E-state index in [-0.39, 0.29) is 17.0 Å². The largest absolute Gasteiger partial charge is 0.453 e. The zero-order valence-corrected chi connectivity index (χ0v) is 12.3. The summed E-state index contributed by atoms with van der Waals surface area (Å²) in [5.41, 5.74) is 0. The molecule has 0 radical (unpaired) electrons. The number of hydrogen-bond acceptors (Lipinski definition) is 5. The van der Waals surface area contributed by atoms with Crippen molar-refractivity contribution in [1.82, 2.24) is 5.32 Å². The smallest absolute Gasteiger partial charge is 0.407 e. The highest BCUT2D eigenvalue weighted by Crippen LogP contribution is 2.30. The molecule has 110 valence electrons. The quantitative estimate of drug-likeness (QED) is 0.831. The minimum absolute atomic E-state index is 0.0189. The lowest BCUT2D eigenvalue weighted by atomic mass is 9.82. The Hall–Kier alpha value is -1.11. The van der Waals surface area contributed by atoms with E-state index in [1.54, 1.807) is 0 Å². The van der Waals surface area contributed by atoms with Crippen molar-refractivity contribution in [3.05, 3.63) is 0 Å². The van der Waals surface area contributed by atoms with E-state index in [1.165, 1.54) is 20.3 Å². The van der Waals surface area contributed by atoms with E-state index in [1.807, 2.05) is 0 Å². The van der Waals surface area contributed by atoms with E-state index in [9.17, 15) is 18.0 Å². The molecule has 0 aliphatic heterocycles. The average molecular weight is 291 g/mol. The van der Waals surface area contributed by atoms with E-state index in [4.69, 9.17) is 0 Å². The van der Waals surface area contributed by atoms with Crippen LogP contribution >= 0.6 is 0 Å². The molecule has 0 spiro atoms. The number of sulfone groups is 1. The van der Waals surface area contributed by atoms with Gasteiger partial charge in [-0.15, -0.1) is 0 Å². The van der Waals surface area contributed by atoms with Gasteiger partial charge in [0.25, 0.3) is 0 Å². The van der Waals surface area contributed by atoms with Gasteiger partial charge in [-0.25, -0.2) is 13.2 Å². The molecule has 1 amide bonds. The van der Waals surface area contributed by atoms with Crippen LogP contribution in [0.4, 0.5) is 4.79 Å². The Morgan fingerprint density at radius 2 is 1.74 bits per heavy atom. The zero-order valence-electron chi connectivity index (χ0n) is 11.5. The molecule has 0 aromatic carbocycles. The molecule has 0 saturated heterocycles. The van der Waals surface area contributed by atoms with E-state index in [2.05, 4.69) is 10.1 Å². The van der Waals surface area contributed by atoms with Crippen molar-refractivity contribution in [3.63, 3.8) is 0 Å². The van der Waals surface area contributed by atoms with Crippen molar-refractivity contribution in [1.29, 1.82) is 0 Å². The molecule has 1 saturated carbocycles. The fourth-order valence-corrected chi connectivity index (χ4v) is 3.72. The number of ketones is 1. The first kappa shape index (κ1) is 15.9. The predicted molar refractivity (Wildman–Crippen MR) is 70.6 cm³/mol. The molecule has 1 atom stereocenters. The number of amides is 1. The van der Waals surface area contributed by atoms with Gasteiger partial charge in [0, 0.05) is 6.26 Å². The third-order valence-electron chi connectivity index (χ3n) is 3.69. The van der Waals surface area contributed by atoms with Crippen molar-refractivity contribution in [3.8, 4) is 0 Å². The van der Waals surface area contributed by atoms with Gasteiger partial charge >= 0.3 is 6.09 Å². The van der Waals surface area contributed by atoms with Crippen LogP contribution in [0.15, 0.2) is 0 Å². The maximum absolute atomic E-state index is 11.6. The maximum atomic E-state index is 11.6. The predicted octanol–water partition coefficient (Wildman–Crippen LogP) is 0.903. The maximum Gasteiger partial charge on any atom is 0.407 e. The van der Waals surface area contributed by atoms with Crippen molar-refractivity contribution in [2.45, 2.75) is 43.9 Å². The van der Waals surface area contributed by atoms with Gasteiger partial charge < -0.3 is 10.1 Å². The van der Waals surface area contributed by atoms with Crippen molar-refractivity contribution in [2.24, 2.45) is 5.92 Å². The highest BCUT2D eigenvalue weighted by Gasteiger charge is 2.34. The molecular weight excluding hydrogens is 270 g/mol. The molecule has 0 heterocycles. The number of nitrogens with one attached hydrogen (secondary N) is 1. The van der Waals surface area contributed by atoms with E-state index >= 15 is 0 Å². The molecule has 7 heteroatoms. The second-order valence-corrected chi connectivity index (χ2v) is 7.42. The lowest BCUT2D eigenvalue weighted by molar-refractivity contribution is -0.120. The molecule has 1 aliphatic rings. The van der Waals surface area contributed by atoms with Gasteiger partial charge in [-0.3, -0.25) is 4.79 Å². The number of rotatable bonds is 4. The summed E-state index contributed by atoms with van der Waals surface area (Å²) in [7, 11) is -1.78. The number of ether oxygens (including phenoxy) is 1. The molecule has 19 heavy (non-hydrogen) atoms. The summed E-state index contributed by atoms with van der Waals surface area (Å²) < 4.78 is 27.4. The zero-order chi connectivity index (χ0) is 14.6. The van der Waals surface area contributed by atoms with Crippen molar-refractivity contribution < 1.29 is 22.7 Å². The summed E-state index contributed by atoms with van der Waals surface area (Å²) in [5, 5.41) is 2.20. The Labute approximate surface area is 113 Å². The first-order valence-electron chi connectivity index (χ1n) is 6.29. The molecule has 0 bridgehead atoms. The Morgan fingerprint density at radius 3 is 2.11 bits per heavy atom. The highest BCUT2D eigenvalue weighted by molar-refractivity contribution is 7.91. The Bertz CT molecular complexity index is 437. The molecule has 1 aliphatic carbocycles. The molecular formula is C12H21NO5S. The molecule has 0 aromatic rings. The Balaban J connectivity index is 2.65. The Kier molecular flexibility index (Phi) is 5.34. The van der Waals surface area contributed by atoms with Gasteiger partial charge in [0.15, 0.2) is 5.78 Å².